The van der Waals surface area contributed by atoms with Crippen LogP contribution in [0.2, 0.25) is 0 Å². The predicted octanol–water partition coefficient (Wildman–Crippen LogP) is 4.22. The fourth-order valence-electron chi connectivity index (χ4n) is 2.20. The highest BCUT2D eigenvalue weighted by Crippen LogP contribution is 2.46. The van der Waals surface area contributed by atoms with E-state index in [2.05, 4.69) is 20.1 Å². The Balaban J connectivity index is 3.32. The average Bonchev–Trinajstić information content (AvgIpc) is 2.37. The highest BCUT2D eigenvalue weighted by atomic mass is 16.3. The number of rotatable bonds is 5. The molecule has 0 radical (unpaired) electrons. The summed E-state index contributed by atoms with van der Waals surface area (Å²) in [6.07, 6.45) is 3.51. The first-order valence-electron chi connectivity index (χ1n) is 6.35. The van der Waals surface area contributed by atoms with Crippen molar-refractivity contribution < 1.29 is 5.11 Å². The lowest BCUT2D eigenvalue weighted by Crippen LogP contribution is -2.44. The molecule has 0 aliphatic rings. The molecule has 0 heterocycles. The first-order chi connectivity index (χ1) is 8.29. The van der Waals surface area contributed by atoms with Crippen molar-refractivity contribution >= 4 is 0 Å². The van der Waals surface area contributed by atoms with Crippen LogP contribution in [-0.4, -0.2) is 5.11 Å². The van der Waals surface area contributed by atoms with Gasteiger partial charge in [0.25, 0.3) is 0 Å². The second-order valence-electron chi connectivity index (χ2n) is 5.58. The van der Waals surface area contributed by atoms with Gasteiger partial charge in [-0.25, -0.2) is 0 Å². The van der Waals surface area contributed by atoms with E-state index in [1.54, 1.807) is 6.08 Å². The maximum absolute atomic E-state index is 11.0. The summed E-state index contributed by atoms with van der Waals surface area (Å²) in [5.41, 5.74) is 0.626. The van der Waals surface area contributed by atoms with Gasteiger partial charge in [-0.3, -0.25) is 0 Å². The van der Waals surface area contributed by atoms with Crippen molar-refractivity contribution in [1.82, 2.24) is 0 Å². The van der Waals surface area contributed by atoms with Crippen molar-refractivity contribution in [3.8, 4) is 0 Å². The molecule has 0 saturated carbocycles. The van der Waals surface area contributed by atoms with E-state index in [1.807, 2.05) is 51.1 Å². The van der Waals surface area contributed by atoms with Crippen molar-refractivity contribution in [2.24, 2.45) is 11.3 Å². The second-order valence-corrected chi connectivity index (χ2v) is 5.58. The molecule has 0 fully saturated rings. The molecule has 1 heteroatoms. The number of benzene rings is 1. The predicted molar refractivity (Wildman–Crippen MR) is 78.4 cm³/mol. The fraction of sp³-hybridized carbons (Fsp3) is 0.412. The van der Waals surface area contributed by atoms with Crippen LogP contribution in [0.4, 0.5) is 0 Å². The van der Waals surface area contributed by atoms with E-state index in [0.29, 0.717) is 0 Å². The van der Waals surface area contributed by atoms with E-state index in [1.165, 1.54) is 5.56 Å². The molecule has 0 spiro atoms. The summed E-state index contributed by atoms with van der Waals surface area (Å²) < 4.78 is 0. The standard InChI is InChI=1S/C17H24O/c1-7-14(4)16(5,6)17(18,8-2)15-11-9-13(3)10-12-15/h7-12,14,18H,1-2H2,3-6H3. The van der Waals surface area contributed by atoms with E-state index in [-0.39, 0.29) is 11.3 Å². The third-order valence-corrected chi connectivity index (χ3v) is 4.26. The second kappa shape index (κ2) is 5.11. The Hall–Kier alpha value is -1.34. The van der Waals surface area contributed by atoms with Gasteiger partial charge in [-0.05, 0) is 18.4 Å². The molecule has 0 amide bonds. The van der Waals surface area contributed by atoms with Gasteiger partial charge in [0.1, 0.15) is 5.60 Å². The molecule has 98 valence electrons. The lowest BCUT2D eigenvalue weighted by atomic mass is 9.64. The van der Waals surface area contributed by atoms with Crippen molar-refractivity contribution in [2.75, 3.05) is 0 Å². The summed E-state index contributed by atoms with van der Waals surface area (Å²) in [6.45, 7) is 15.9. The first kappa shape index (κ1) is 14.7. The average molecular weight is 244 g/mol. The van der Waals surface area contributed by atoms with Gasteiger partial charge in [0, 0.05) is 5.41 Å². The van der Waals surface area contributed by atoms with Crippen molar-refractivity contribution in [3.05, 3.63) is 60.7 Å². The normalized spacial score (nSPS) is 16.7. The molecule has 0 aliphatic heterocycles. The monoisotopic (exact) mass is 244 g/mol. The van der Waals surface area contributed by atoms with Gasteiger partial charge in [0.2, 0.25) is 0 Å². The van der Waals surface area contributed by atoms with Crippen LogP contribution >= 0.6 is 0 Å². The van der Waals surface area contributed by atoms with E-state index >= 15 is 0 Å². The molecule has 0 aliphatic carbocycles. The Kier molecular flexibility index (Phi) is 4.18. The first-order valence-corrected chi connectivity index (χ1v) is 6.35. The van der Waals surface area contributed by atoms with Crippen LogP contribution in [0.5, 0.6) is 0 Å². The van der Waals surface area contributed by atoms with Crippen LogP contribution in [0.3, 0.4) is 0 Å². The Morgan fingerprint density at radius 2 is 1.67 bits per heavy atom. The SMILES string of the molecule is C=CC(C)C(C)(C)C(O)(C=C)c1ccc(C)cc1. The molecule has 0 aromatic heterocycles. The minimum absolute atomic E-state index is 0.168. The highest BCUT2D eigenvalue weighted by Gasteiger charge is 2.45. The van der Waals surface area contributed by atoms with Gasteiger partial charge >= 0.3 is 0 Å². The van der Waals surface area contributed by atoms with Crippen molar-refractivity contribution in [3.63, 3.8) is 0 Å². The van der Waals surface area contributed by atoms with E-state index in [0.717, 1.165) is 5.56 Å². The Morgan fingerprint density at radius 3 is 2.06 bits per heavy atom. The topological polar surface area (TPSA) is 20.2 Å². The Morgan fingerprint density at radius 1 is 1.17 bits per heavy atom. The summed E-state index contributed by atoms with van der Waals surface area (Å²) >= 11 is 0. The van der Waals surface area contributed by atoms with Gasteiger partial charge in [0.05, 0.1) is 0 Å². The maximum atomic E-state index is 11.0. The van der Waals surface area contributed by atoms with Gasteiger partial charge in [-0.1, -0.05) is 69.3 Å². The third-order valence-electron chi connectivity index (χ3n) is 4.26. The van der Waals surface area contributed by atoms with Crippen LogP contribution in [0, 0.1) is 18.3 Å². The molecular weight excluding hydrogens is 220 g/mol. The third kappa shape index (κ3) is 2.28. The minimum Gasteiger partial charge on any atom is -0.380 e. The van der Waals surface area contributed by atoms with Crippen LogP contribution in [-0.2, 0) is 5.60 Å². The summed E-state index contributed by atoms with van der Waals surface area (Å²) in [4.78, 5) is 0. The fourth-order valence-corrected chi connectivity index (χ4v) is 2.20. The highest BCUT2D eigenvalue weighted by molar-refractivity contribution is 5.32. The van der Waals surface area contributed by atoms with Crippen LogP contribution < -0.4 is 0 Å². The molecule has 0 saturated heterocycles. The molecule has 1 N–H and O–H groups in total. The summed E-state index contributed by atoms with van der Waals surface area (Å²) in [7, 11) is 0. The van der Waals surface area contributed by atoms with Crippen LogP contribution in [0.15, 0.2) is 49.6 Å². The number of hydrogen-bond acceptors (Lipinski definition) is 1. The molecule has 18 heavy (non-hydrogen) atoms. The maximum Gasteiger partial charge on any atom is 0.113 e. The molecule has 1 nitrogen and oxygen atoms in total. The van der Waals surface area contributed by atoms with Gasteiger partial charge in [0.15, 0.2) is 0 Å². The zero-order chi connectivity index (χ0) is 14.0. The van der Waals surface area contributed by atoms with Gasteiger partial charge in [-0.15, -0.1) is 6.58 Å². The number of aryl methyl sites for hydroxylation is 1. The van der Waals surface area contributed by atoms with Crippen molar-refractivity contribution in [2.45, 2.75) is 33.3 Å². The lowest BCUT2D eigenvalue weighted by Gasteiger charge is -2.44. The van der Waals surface area contributed by atoms with Crippen LogP contribution in [0.1, 0.15) is 31.9 Å². The van der Waals surface area contributed by atoms with Gasteiger partial charge in [-0.2, -0.15) is 0 Å². The molecule has 1 aromatic carbocycles. The molecular formula is C17H24O. The molecule has 1 rings (SSSR count). The molecule has 1 aromatic rings. The molecule has 2 atom stereocenters. The van der Waals surface area contributed by atoms with Gasteiger partial charge < -0.3 is 5.11 Å². The van der Waals surface area contributed by atoms with Crippen LogP contribution in [0.25, 0.3) is 0 Å². The lowest BCUT2D eigenvalue weighted by molar-refractivity contribution is -0.0498. The Labute approximate surface area is 111 Å². The molecule has 2 unspecified atom stereocenters. The number of hydrogen-bond donors (Lipinski definition) is 1. The zero-order valence-electron chi connectivity index (χ0n) is 11.9. The molecule has 0 bridgehead atoms. The summed E-state index contributed by atoms with van der Waals surface area (Å²) in [5, 5.41) is 11.0. The largest absolute Gasteiger partial charge is 0.380 e. The summed E-state index contributed by atoms with van der Waals surface area (Å²) in [5.74, 6) is 0.168. The van der Waals surface area contributed by atoms with E-state index in [9.17, 15) is 5.11 Å². The van der Waals surface area contributed by atoms with E-state index in [4.69, 9.17) is 0 Å². The number of aliphatic hydroxyl groups is 1. The van der Waals surface area contributed by atoms with Crippen molar-refractivity contribution in [1.29, 1.82) is 0 Å². The van der Waals surface area contributed by atoms with E-state index < -0.39 is 5.60 Å². The zero-order valence-corrected chi connectivity index (χ0v) is 11.9. The number of allylic oxidation sites excluding steroid dienone is 1. The minimum atomic E-state index is -1.06. The summed E-state index contributed by atoms with van der Waals surface area (Å²) in [6, 6.07) is 7.96. The Bertz CT molecular complexity index is 427. The smallest absolute Gasteiger partial charge is 0.113 e. The quantitative estimate of drug-likeness (QED) is 0.769.